The van der Waals surface area contributed by atoms with Crippen LogP contribution in [0.15, 0.2) is 29.1 Å². The summed E-state index contributed by atoms with van der Waals surface area (Å²) in [4.78, 5) is 16.8. The van der Waals surface area contributed by atoms with Crippen LogP contribution in [0.4, 0.5) is 0 Å². The first-order chi connectivity index (χ1) is 8.74. The second kappa shape index (κ2) is 4.84. The number of fused-ring (bicyclic) bond motifs is 1. The van der Waals surface area contributed by atoms with Crippen molar-refractivity contribution in [3.05, 3.63) is 33.9 Å². The van der Waals surface area contributed by atoms with E-state index in [1.165, 1.54) is 11.3 Å². The Kier molecular flexibility index (Phi) is 3.20. The number of nitrogens with zero attached hydrogens (tertiary/aromatic N) is 3. The molecule has 1 saturated heterocycles. The van der Waals surface area contributed by atoms with Gasteiger partial charge in [-0.1, -0.05) is 23.5 Å². The molecule has 0 saturated carbocycles. The summed E-state index contributed by atoms with van der Waals surface area (Å²) in [6.45, 7) is 4.95. The number of rotatable bonds is 2. The lowest BCUT2D eigenvalue weighted by atomic mass is 10.3. The topological polar surface area (TPSA) is 28.5 Å². The summed E-state index contributed by atoms with van der Waals surface area (Å²) in [7, 11) is 2.14. The smallest absolute Gasteiger partial charge is 0.304 e. The Morgan fingerprint density at radius 1 is 1.17 bits per heavy atom. The van der Waals surface area contributed by atoms with Gasteiger partial charge in [0.2, 0.25) is 0 Å². The second-order valence-corrected chi connectivity index (χ2v) is 5.82. The molecule has 0 radical (unpaired) electrons. The van der Waals surface area contributed by atoms with Crippen molar-refractivity contribution < 1.29 is 0 Å². The molecule has 1 aromatic heterocycles. The van der Waals surface area contributed by atoms with Crippen LogP contribution < -0.4 is 4.87 Å². The first kappa shape index (κ1) is 11.9. The van der Waals surface area contributed by atoms with E-state index in [0.29, 0.717) is 0 Å². The van der Waals surface area contributed by atoms with Crippen LogP contribution in [0.2, 0.25) is 0 Å². The summed E-state index contributed by atoms with van der Waals surface area (Å²) < 4.78 is 2.97. The molecule has 2 aromatic rings. The van der Waals surface area contributed by atoms with Crippen LogP contribution in [0, 0.1) is 0 Å². The van der Waals surface area contributed by atoms with E-state index in [-0.39, 0.29) is 4.87 Å². The summed E-state index contributed by atoms with van der Waals surface area (Å²) in [5.74, 6) is 0. The van der Waals surface area contributed by atoms with Gasteiger partial charge in [0, 0.05) is 26.2 Å². The minimum Gasteiger partial charge on any atom is -0.304 e. The molecule has 0 unspecified atom stereocenters. The van der Waals surface area contributed by atoms with Gasteiger partial charge in [-0.3, -0.25) is 14.3 Å². The average Bonchev–Trinajstić information content (AvgIpc) is 2.69. The average molecular weight is 263 g/mol. The van der Waals surface area contributed by atoms with Crippen molar-refractivity contribution in [3.8, 4) is 0 Å². The molecule has 0 amide bonds. The van der Waals surface area contributed by atoms with Gasteiger partial charge in [0.25, 0.3) is 0 Å². The number of aromatic nitrogens is 1. The van der Waals surface area contributed by atoms with E-state index in [0.717, 1.165) is 43.1 Å². The largest absolute Gasteiger partial charge is 0.309 e. The molecule has 0 aliphatic carbocycles. The fourth-order valence-electron chi connectivity index (χ4n) is 2.34. The minimum absolute atomic E-state index is 0.148. The van der Waals surface area contributed by atoms with Crippen LogP contribution >= 0.6 is 11.3 Å². The van der Waals surface area contributed by atoms with E-state index in [1.54, 1.807) is 0 Å². The maximum Gasteiger partial charge on any atom is 0.309 e. The van der Waals surface area contributed by atoms with Crippen molar-refractivity contribution in [3.63, 3.8) is 0 Å². The van der Waals surface area contributed by atoms with Crippen LogP contribution in [0.1, 0.15) is 0 Å². The highest BCUT2D eigenvalue weighted by atomic mass is 32.1. The highest BCUT2D eigenvalue weighted by Crippen LogP contribution is 2.17. The summed E-state index contributed by atoms with van der Waals surface area (Å²) in [5.41, 5.74) is 1.06. The summed E-state index contributed by atoms with van der Waals surface area (Å²) in [6, 6.07) is 8.03. The van der Waals surface area contributed by atoms with Crippen molar-refractivity contribution in [1.82, 2.24) is 14.4 Å². The lowest BCUT2D eigenvalue weighted by Crippen LogP contribution is -2.45. The van der Waals surface area contributed by atoms with Gasteiger partial charge in [-0.25, -0.2) is 0 Å². The third-order valence-corrected chi connectivity index (χ3v) is 4.47. The maximum absolute atomic E-state index is 12.0. The number of hydrogen-bond acceptors (Lipinski definition) is 4. The van der Waals surface area contributed by atoms with Crippen molar-refractivity contribution in [1.29, 1.82) is 0 Å². The molecular weight excluding hydrogens is 246 g/mol. The maximum atomic E-state index is 12.0. The van der Waals surface area contributed by atoms with Crippen molar-refractivity contribution >= 4 is 21.6 Å². The Labute approximate surface area is 110 Å². The Morgan fingerprint density at radius 3 is 2.67 bits per heavy atom. The number of hydrogen-bond donors (Lipinski definition) is 0. The molecule has 0 N–H and O–H groups in total. The molecule has 2 heterocycles. The van der Waals surface area contributed by atoms with Crippen LogP contribution in [0.3, 0.4) is 0 Å². The minimum atomic E-state index is 0.148. The van der Waals surface area contributed by atoms with E-state index >= 15 is 0 Å². The van der Waals surface area contributed by atoms with Gasteiger partial charge in [0.05, 0.1) is 16.9 Å². The summed E-state index contributed by atoms with van der Waals surface area (Å²) >= 11 is 1.34. The van der Waals surface area contributed by atoms with Crippen LogP contribution in [-0.4, -0.2) is 47.6 Å². The molecule has 0 bridgehead atoms. The molecule has 5 heteroatoms. The Morgan fingerprint density at radius 2 is 1.89 bits per heavy atom. The quantitative estimate of drug-likeness (QED) is 0.817. The predicted molar refractivity (Wildman–Crippen MR) is 75.2 cm³/mol. The third kappa shape index (κ3) is 2.21. The van der Waals surface area contributed by atoms with Crippen LogP contribution in [-0.2, 0) is 6.67 Å². The van der Waals surface area contributed by atoms with Gasteiger partial charge in [-0.15, -0.1) is 0 Å². The fourth-order valence-corrected chi connectivity index (χ4v) is 3.22. The van der Waals surface area contributed by atoms with Gasteiger partial charge in [0.15, 0.2) is 0 Å². The molecule has 1 aliphatic rings. The zero-order chi connectivity index (χ0) is 12.5. The molecule has 1 fully saturated rings. The number of benzene rings is 1. The fraction of sp³-hybridized carbons (Fsp3) is 0.462. The van der Waals surface area contributed by atoms with Crippen molar-refractivity contribution in [2.45, 2.75) is 6.67 Å². The normalized spacial score (nSPS) is 18.5. The molecule has 0 atom stereocenters. The van der Waals surface area contributed by atoms with Gasteiger partial charge in [0.1, 0.15) is 0 Å². The molecule has 3 rings (SSSR count). The molecule has 1 aromatic carbocycles. The molecule has 18 heavy (non-hydrogen) atoms. The molecule has 4 nitrogen and oxygen atoms in total. The molecule has 1 aliphatic heterocycles. The van der Waals surface area contributed by atoms with Crippen LogP contribution in [0.25, 0.3) is 10.2 Å². The number of para-hydroxylation sites is 1. The summed E-state index contributed by atoms with van der Waals surface area (Å²) in [6.07, 6.45) is 0. The number of piperazine rings is 1. The standard InChI is InChI=1S/C13H17N3OS/c1-14-6-8-15(9-7-14)10-16-11-4-2-3-5-12(11)18-13(16)17/h2-5H,6-10H2,1H3. The van der Waals surface area contributed by atoms with Crippen molar-refractivity contribution in [2.24, 2.45) is 0 Å². The third-order valence-electron chi connectivity index (χ3n) is 3.51. The van der Waals surface area contributed by atoms with Gasteiger partial charge in [-0.2, -0.15) is 0 Å². The van der Waals surface area contributed by atoms with E-state index in [2.05, 4.69) is 16.8 Å². The van der Waals surface area contributed by atoms with Crippen molar-refractivity contribution in [2.75, 3.05) is 33.2 Å². The predicted octanol–water partition coefficient (Wildman–Crippen LogP) is 1.27. The lowest BCUT2D eigenvalue weighted by Gasteiger charge is -2.32. The molecular formula is C13H17N3OS. The van der Waals surface area contributed by atoms with E-state index < -0.39 is 0 Å². The van der Waals surface area contributed by atoms with Gasteiger partial charge >= 0.3 is 4.87 Å². The Balaban J connectivity index is 1.86. The zero-order valence-electron chi connectivity index (χ0n) is 10.5. The van der Waals surface area contributed by atoms with Gasteiger partial charge < -0.3 is 4.90 Å². The van der Waals surface area contributed by atoms with E-state index in [9.17, 15) is 4.79 Å². The van der Waals surface area contributed by atoms with Gasteiger partial charge in [-0.05, 0) is 19.2 Å². The molecule has 96 valence electrons. The molecule has 0 spiro atoms. The highest BCUT2D eigenvalue weighted by molar-refractivity contribution is 7.16. The number of likely N-dealkylation sites (N-methyl/N-ethyl adjacent to an activating group) is 1. The van der Waals surface area contributed by atoms with Crippen LogP contribution in [0.5, 0.6) is 0 Å². The highest BCUT2D eigenvalue weighted by Gasteiger charge is 2.16. The zero-order valence-corrected chi connectivity index (χ0v) is 11.3. The summed E-state index contributed by atoms with van der Waals surface area (Å²) in [5, 5.41) is 0. The van der Waals surface area contributed by atoms with E-state index in [1.807, 2.05) is 28.8 Å². The Hall–Kier alpha value is -1.17. The first-order valence-corrected chi connectivity index (χ1v) is 7.05. The first-order valence-electron chi connectivity index (χ1n) is 6.23. The SMILES string of the molecule is CN1CCN(Cn2c(=O)sc3ccccc32)CC1. The van der Waals surface area contributed by atoms with E-state index in [4.69, 9.17) is 0 Å². The monoisotopic (exact) mass is 263 g/mol. The number of thiazole rings is 1. The Bertz CT molecular complexity index is 596. The lowest BCUT2D eigenvalue weighted by molar-refractivity contribution is 0.126. The second-order valence-electron chi connectivity index (χ2n) is 4.83.